The molecule has 1 N–H and O–H groups in total. The second-order valence-electron chi connectivity index (χ2n) is 6.87. The maximum Gasteiger partial charge on any atom is 0.280 e. The summed E-state index contributed by atoms with van der Waals surface area (Å²) in [5.74, 6) is -0.271. The lowest BCUT2D eigenvalue weighted by Gasteiger charge is -2.13. The Balaban J connectivity index is 1.78. The number of carbonyl (C=O) groups excluding carboxylic acids is 1. The molecule has 4 rings (SSSR count). The fourth-order valence-corrected chi connectivity index (χ4v) is 3.34. The number of hydrogen-bond donors (Lipinski definition) is 1. The zero-order valence-electron chi connectivity index (χ0n) is 16.0. The number of pyridine rings is 1. The molecule has 29 heavy (non-hydrogen) atoms. The number of amides is 1. The van der Waals surface area contributed by atoms with Crippen LogP contribution in [0.2, 0.25) is 5.02 Å². The number of halogens is 1. The lowest BCUT2D eigenvalue weighted by atomic mass is 10.1. The molecule has 0 unspecified atom stereocenters. The number of aromatic nitrogens is 3. The highest BCUT2D eigenvalue weighted by molar-refractivity contribution is 6.30. The number of fused-ring (bicyclic) bond motifs is 1. The van der Waals surface area contributed by atoms with Crippen LogP contribution in [0.1, 0.15) is 11.1 Å². The minimum absolute atomic E-state index is 0.0642. The summed E-state index contributed by atoms with van der Waals surface area (Å²) in [5.41, 5.74) is 3.75. The molecule has 0 saturated carbocycles. The summed E-state index contributed by atoms with van der Waals surface area (Å²) in [4.78, 5) is 30.1. The Morgan fingerprint density at radius 2 is 1.83 bits per heavy atom. The molecule has 0 aliphatic carbocycles. The van der Waals surface area contributed by atoms with E-state index in [0.717, 1.165) is 11.1 Å². The van der Waals surface area contributed by atoms with E-state index >= 15 is 0 Å². The maximum absolute atomic E-state index is 13.1. The first-order valence-corrected chi connectivity index (χ1v) is 9.51. The summed E-state index contributed by atoms with van der Waals surface area (Å²) in [6.07, 6.45) is 1.61. The van der Waals surface area contributed by atoms with E-state index in [1.165, 1.54) is 4.68 Å². The van der Waals surface area contributed by atoms with Crippen molar-refractivity contribution >= 4 is 34.2 Å². The third-order valence-electron chi connectivity index (χ3n) is 4.85. The summed E-state index contributed by atoms with van der Waals surface area (Å²) >= 11 is 5.90. The Hall–Kier alpha value is -3.38. The summed E-state index contributed by atoms with van der Waals surface area (Å²) in [6.45, 7) is 3.94. The highest BCUT2D eigenvalue weighted by Gasteiger charge is 2.18. The van der Waals surface area contributed by atoms with E-state index in [9.17, 15) is 9.59 Å². The van der Waals surface area contributed by atoms with Gasteiger partial charge in [-0.2, -0.15) is 0 Å². The van der Waals surface area contributed by atoms with Crippen molar-refractivity contribution in [3.8, 4) is 5.69 Å². The molecule has 7 heteroatoms. The van der Waals surface area contributed by atoms with Gasteiger partial charge in [0, 0.05) is 16.9 Å². The van der Waals surface area contributed by atoms with Crippen LogP contribution in [-0.4, -0.2) is 20.3 Å². The molecule has 2 aromatic carbocycles. The lowest BCUT2D eigenvalue weighted by molar-refractivity contribution is -0.116. The van der Waals surface area contributed by atoms with E-state index < -0.39 is 0 Å². The highest BCUT2D eigenvalue weighted by atomic mass is 35.5. The summed E-state index contributed by atoms with van der Waals surface area (Å²) in [7, 11) is 0. The Bertz CT molecular complexity index is 1270. The second kappa shape index (κ2) is 7.56. The van der Waals surface area contributed by atoms with E-state index in [1.54, 1.807) is 47.3 Å². The molecule has 0 radical (unpaired) electrons. The Morgan fingerprint density at radius 3 is 2.55 bits per heavy atom. The van der Waals surface area contributed by atoms with Crippen molar-refractivity contribution in [2.24, 2.45) is 0 Å². The van der Waals surface area contributed by atoms with Gasteiger partial charge in [0.15, 0.2) is 5.65 Å². The average molecular weight is 407 g/mol. The van der Waals surface area contributed by atoms with E-state index in [0.29, 0.717) is 27.4 Å². The van der Waals surface area contributed by atoms with Gasteiger partial charge in [-0.25, -0.2) is 9.67 Å². The number of carbonyl (C=O) groups is 1. The molecule has 4 aromatic rings. The van der Waals surface area contributed by atoms with Gasteiger partial charge in [-0.05, 0) is 73.5 Å². The minimum atomic E-state index is -0.271. The number of rotatable bonds is 4. The fraction of sp³-hybridized carbons (Fsp3) is 0.136. The molecular weight excluding hydrogens is 388 g/mol. The van der Waals surface area contributed by atoms with Crippen molar-refractivity contribution in [3.05, 3.63) is 87.3 Å². The van der Waals surface area contributed by atoms with Crippen molar-refractivity contribution in [1.82, 2.24) is 14.3 Å². The van der Waals surface area contributed by atoms with Gasteiger partial charge in [-0.3, -0.25) is 14.3 Å². The number of hydrogen-bond acceptors (Lipinski definition) is 3. The topological polar surface area (TPSA) is 68.9 Å². The maximum atomic E-state index is 13.1. The molecular formula is C22H19ClN4O2. The Morgan fingerprint density at radius 1 is 1.07 bits per heavy atom. The molecule has 0 aliphatic heterocycles. The average Bonchev–Trinajstić information content (AvgIpc) is 2.98. The predicted octanol–water partition coefficient (Wildman–Crippen LogP) is 4.10. The van der Waals surface area contributed by atoms with Crippen LogP contribution in [0.3, 0.4) is 0 Å². The monoisotopic (exact) mass is 406 g/mol. The van der Waals surface area contributed by atoms with Crippen LogP contribution >= 0.6 is 11.6 Å². The molecule has 6 nitrogen and oxygen atoms in total. The number of benzene rings is 2. The molecule has 2 aromatic heterocycles. The third-order valence-corrected chi connectivity index (χ3v) is 5.10. The van der Waals surface area contributed by atoms with Crippen molar-refractivity contribution in [1.29, 1.82) is 0 Å². The van der Waals surface area contributed by atoms with Gasteiger partial charge in [0.2, 0.25) is 5.91 Å². The molecule has 0 aliphatic rings. The van der Waals surface area contributed by atoms with Gasteiger partial charge in [-0.15, -0.1) is 0 Å². The first-order chi connectivity index (χ1) is 13.9. The fourth-order valence-electron chi connectivity index (χ4n) is 3.22. The zero-order valence-corrected chi connectivity index (χ0v) is 16.8. The van der Waals surface area contributed by atoms with E-state index in [2.05, 4.69) is 10.3 Å². The van der Waals surface area contributed by atoms with Crippen molar-refractivity contribution in [3.63, 3.8) is 0 Å². The van der Waals surface area contributed by atoms with Gasteiger partial charge >= 0.3 is 0 Å². The van der Waals surface area contributed by atoms with Gasteiger partial charge in [0.05, 0.1) is 11.1 Å². The molecule has 0 saturated heterocycles. The van der Waals surface area contributed by atoms with Crippen LogP contribution in [0.5, 0.6) is 0 Å². The van der Waals surface area contributed by atoms with E-state index in [1.807, 2.05) is 32.0 Å². The normalized spacial score (nSPS) is 11.0. The van der Waals surface area contributed by atoms with E-state index in [4.69, 9.17) is 11.6 Å². The van der Waals surface area contributed by atoms with Gasteiger partial charge in [0.1, 0.15) is 6.54 Å². The van der Waals surface area contributed by atoms with Crippen molar-refractivity contribution in [2.45, 2.75) is 20.4 Å². The smallest absolute Gasteiger partial charge is 0.280 e. The lowest BCUT2D eigenvalue weighted by Crippen LogP contribution is -2.27. The van der Waals surface area contributed by atoms with Crippen LogP contribution < -0.4 is 10.9 Å². The SMILES string of the molecule is Cc1ccc(-n2c(=O)c3cccnc3n2CC(=O)Nc2ccc(Cl)cc2)cc1C. The first kappa shape index (κ1) is 19.0. The van der Waals surface area contributed by atoms with Gasteiger partial charge in [0.25, 0.3) is 5.56 Å². The molecule has 0 fully saturated rings. The quantitative estimate of drug-likeness (QED) is 0.554. The molecule has 146 valence electrons. The highest BCUT2D eigenvalue weighted by Crippen LogP contribution is 2.18. The molecule has 1 amide bonds. The van der Waals surface area contributed by atoms with Crippen LogP contribution in [0.15, 0.2) is 65.6 Å². The van der Waals surface area contributed by atoms with Gasteiger partial charge < -0.3 is 5.32 Å². The molecule has 0 bridgehead atoms. The minimum Gasteiger partial charge on any atom is -0.324 e. The van der Waals surface area contributed by atoms with Crippen LogP contribution in [0.4, 0.5) is 5.69 Å². The zero-order chi connectivity index (χ0) is 20.5. The first-order valence-electron chi connectivity index (χ1n) is 9.13. The van der Waals surface area contributed by atoms with Crippen LogP contribution in [0.25, 0.3) is 16.7 Å². The number of nitrogens with zero attached hydrogens (tertiary/aromatic N) is 3. The Kier molecular flexibility index (Phi) is 4.94. The van der Waals surface area contributed by atoms with E-state index in [-0.39, 0.29) is 18.0 Å². The molecule has 2 heterocycles. The summed E-state index contributed by atoms with van der Waals surface area (Å²) in [6, 6.07) is 16.1. The van der Waals surface area contributed by atoms with Gasteiger partial charge in [-0.1, -0.05) is 17.7 Å². The van der Waals surface area contributed by atoms with Crippen LogP contribution in [0, 0.1) is 13.8 Å². The summed E-state index contributed by atoms with van der Waals surface area (Å²) in [5, 5.41) is 3.88. The number of aryl methyl sites for hydroxylation is 2. The molecule has 0 spiro atoms. The predicted molar refractivity (Wildman–Crippen MR) is 115 cm³/mol. The number of nitrogens with one attached hydrogen (secondary N) is 1. The Labute approximate surface area is 172 Å². The standard InChI is InChI=1S/C22H19ClN4O2/c1-14-5-10-18(12-15(14)2)27-22(29)19-4-3-11-24-21(19)26(27)13-20(28)25-17-8-6-16(23)7-9-17/h3-12H,13H2,1-2H3,(H,25,28). The van der Waals surface area contributed by atoms with Crippen LogP contribution in [-0.2, 0) is 11.3 Å². The summed E-state index contributed by atoms with van der Waals surface area (Å²) < 4.78 is 3.11. The third kappa shape index (κ3) is 3.67. The van der Waals surface area contributed by atoms with Crippen molar-refractivity contribution in [2.75, 3.05) is 5.32 Å². The largest absolute Gasteiger partial charge is 0.324 e. The number of anilines is 1. The second-order valence-corrected chi connectivity index (χ2v) is 7.31. The van der Waals surface area contributed by atoms with Crippen molar-refractivity contribution < 1.29 is 4.79 Å². The molecule has 0 atom stereocenters.